The summed E-state index contributed by atoms with van der Waals surface area (Å²) in [5.74, 6) is 1.02. The molecule has 0 fully saturated rings. The van der Waals surface area contributed by atoms with E-state index in [2.05, 4.69) is 43.5 Å². The van der Waals surface area contributed by atoms with Gasteiger partial charge in [-0.3, -0.25) is 0 Å². The van der Waals surface area contributed by atoms with Gasteiger partial charge in [0, 0.05) is 6.04 Å². The molecule has 1 unspecified atom stereocenters. The number of benzene rings is 1. The minimum atomic E-state index is 0.0369. The van der Waals surface area contributed by atoms with Crippen LogP contribution in [-0.4, -0.2) is 9.55 Å². The maximum absolute atomic E-state index is 6.22. The van der Waals surface area contributed by atoms with Gasteiger partial charge >= 0.3 is 0 Å². The number of para-hydroxylation sites is 2. The van der Waals surface area contributed by atoms with E-state index in [4.69, 9.17) is 10.7 Å². The number of hydrogen-bond acceptors (Lipinski definition) is 2. The zero-order valence-corrected chi connectivity index (χ0v) is 10.9. The van der Waals surface area contributed by atoms with Crippen LogP contribution >= 0.6 is 0 Å². The molecule has 2 aromatic rings. The van der Waals surface area contributed by atoms with E-state index in [1.54, 1.807) is 0 Å². The second kappa shape index (κ2) is 4.88. The van der Waals surface area contributed by atoms with Gasteiger partial charge in [0.1, 0.15) is 5.82 Å². The number of nitrogens with zero attached hydrogens (tertiary/aromatic N) is 2. The lowest BCUT2D eigenvalue weighted by atomic mass is 10.1. The molecule has 1 aromatic carbocycles. The van der Waals surface area contributed by atoms with E-state index in [9.17, 15) is 0 Å². The lowest BCUT2D eigenvalue weighted by Gasteiger charge is -2.17. The van der Waals surface area contributed by atoms with Crippen molar-refractivity contribution in [1.82, 2.24) is 9.55 Å². The highest BCUT2D eigenvalue weighted by Gasteiger charge is 2.17. The first-order valence-electron chi connectivity index (χ1n) is 6.37. The molecule has 0 aliphatic rings. The number of fused-ring (bicyclic) bond motifs is 1. The van der Waals surface area contributed by atoms with Gasteiger partial charge in [-0.05, 0) is 32.4 Å². The van der Waals surface area contributed by atoms with Crippen LogP contribution in [0.25, 0.3) is 11.0 Å². The summed E-state index contributed by atoms with van der Waals surface area (Å²) < 4.78 is 2.26. The molecule has 0 radical (unpaired) electrons. The largest absolute Gasteiger partial charge is 0.324 e. The maximum atomic E-state index is 6.22. The summed E-state index contributed by atoms with van der Waals surface area (Å²) >= 11 is 0. The van der Waals surface area contributed by atoms with Crippen molar-refractivity contribution in [1.29, 1.82) is 0 Å². The monoisotopic (exact) mass is 231 g/mol. The Morgan fingerprint density at radius 1 is 1.29 bits per heavy atom. The van der Waals surface area contributed by atoms with Crippen molar-refractivity contribution < 1.29 is 0 Å². The number of rotatable bonds is 4. The minimum absolute atomic E-state index is 0.0369. The molecule has 0 saturated heterocycles. The van der Waals surface area contributed by atoms with Crippen molar-refractivity contribution in [3.8, 4) is 0 Å². The lowest BCUT2D eigenvalue weighted by molar-refractivity contribution is 0.520. The van der Waals surface area contributed by atoms with Gasteiger partial charge in [0.25, 0.3) is 0 Å². The Hall–Kier alpha value is -1.35. The standard InChI is InChI=1S/C14H21N3/c1-4-7-11(15)14-16-12-8-5-6-9-13(12)17(14)10(2)3/h5-6,8-11H,4,7,15H2,1-3H3. The highest BCUT2D eigenvalue weighted by atomic mass is 15.1. The van der Waals surface area contributed by atoms with E-state index < -0.39 is 0 Å². The molecule has 0 saturated carbocycles. The van der Waals surface area contributed by atoms with Crippen LogP contribution in [0.4, 0.5) is 0 Å². The Morgan fingerprint density at radius 3 is 2.65 bits per heavy atom. The Kier molecular flexibility index (Phi) is 3.48. The van der Waals surface area contributed by atoms with E-state index in [1.165, 1.54) is 5.52 Å². The third-order valence-electron chi connectivity index (χ3n) is 3.07. The highest BCUT2D eigenvalue weighted by molar-refractivity contribution is 5.76. The van der Waals surface area contributed by atoms with Crippen LogP contribution in [0.2, 0.25) is 0 Å². The van der Waals surface area contributed by atoms with Gasteiger partial charge in [-0.2, -0.15) is 0 Å². The van der Waals surface area contributed by atoms with Crippen molar-refractivity contribution in [3.05, 3.63) is 30.1 Å². The molecule has 0 spiro atoms. The number of nitrogens with two attached hydrogens (primary N) is 1. The summed E-state index contributed by atoms with van der Waals surface area (Å²) in [6, 6.07) is 8.67. The zero-order valence-electron chi connectivity index (χ0n) is 10.9. The van der Waals surface area contributed by atoms with Crippen molar-refractivity contribution in [2.75, 3.05) is 0 Å². The van der Waals surface area contributed by atoms with E-state index in [0.29, 0.717) is 6.04 Å². The molecular weight excluding hydrogens is 210 g/mol. The van der Waals surface area contributed by atoms with Crippen LogP contribution in [0, 0.1) is 0 Å². The molecule has 2 N–H and O–H groups in total. The molecular formula is C14H21N3. The van der Waals surface area contributed by atoms with Gasteiger partial charge in [-0.1, -0.05) is 25.5 Å². The van der Waals surface area contributed by atoms with E-state index >= 15 is 0 Å². The molecule has 0 aliphatic carbocycles. The SMILES string of the molecule is CCCC(N)c1nc2ccccc2n1C(C)C. The first kappa shape index (κ1) is 12.1. The van der Waals surface area contributed by atoms with Crippen molar-refractivity contribution in [3.63, 3.8) is 0 Å². The Morgan fingerprint density at radius 2 is 2.00 bits per heavy atom. The minimum Gasteiger partial charge on any atom is -0.324 e. The van der Waals surface area contributed by atoms with E-state index in [0.717, 1.165) is 24.2 Å². The van der Waals surface area contributed by atoms with E-state index in [-0.39, 0.29) is 6.04 Å². The second-order valence-electron chi connectivity index (χ2n) is 4.82. The summed E-state index contributed by atoms with van der Waals surface area (Å²) in [4.78, 5) is 4.69. The van der Waals surface area contributed by atoms with Crippen molar-refractivity contribution >= 4 is 11.0 Å². The highest BCUT2D eigenvalue weighted by Crippen LogP contribution is 2.25. The van der Waals surface area contributed by atoms with Gasteiger partial charge in [-0.15, -0.1) is 0 Å². The molecule has 0 bridgehead atoms. The summed E-state index contributed by atoms with van der Waals surface area (Å²) in [6.45, 7) is 6.51. The van der Waals surface area contributed by atoms with Gasteiger partial charge < -0.3 is 10.3 Å². The van der Waals surface area contributed by atoms with Crippen LogP contribution < -0.4 is 5.73 Å². The molecule has 1 heterocycles. The molecule has 17 heavy (non-hydrogen) atoms. The number of aromatic nitrogens is 2. The van der Waals surface area contributed by atoms with Crippen molar-refractivity contribution in [2.24, 2.45) is 5.73 Å². The van der Waals surface area contributed by atoms with Crippen LogP contribution in [0.5, 0.6) is 0 Å². The van der Waals surface area contributed by atoms with Crippen LogP contribution in [0.1, 0.15) is 51.5 Å². The molecule has 0 aliphatic heterocycles. The number of imidazole rings is 1. The Labute approximate surface area is 103 Å². The van der Waals surface area contributed by atoms with Gasteiger partial charge in [0.2, 0.25) is 0 Å². The number of hydrogen-bond donors (Lipinski definition) is 1. The van der Waals surface area contributed by atoms with Gasteiger partial charge in [0.15, 0.2) is 0 Å². The second-order valence-corrected chi connectivity index (χ2v) is 4.82. The predicted octanol–water partition coefficient (Wildman–Crippen LogP) is 3.42. The molecule has 3 nitrogen and oxygen atoms in total. The molecule has 0 amide bonds. The summed E-state index contributed by atoms with van der Waals surface area (Å²) in [7, 11) is 0. The third-order valence-corrected chi connectivity index (χ3v) is 3.07. The lowest BCUT2D eigenvalue weighted by Crippen LogP contribution is -2.17. The van der Waals surface area contributed by atoms with Crippen LogP contribution in [0.3, 0.4) is 0 Å². The fraction of sp³-hybridized carbons (Fsp3) is 0.500. The molecule has 92 valence electrons. The van der Waals surface area contributed by atoms with Crippen LogP contribution in [0.15, 0.2) is 24.3 Å². The fourth-order valence-corrected chi connectivity index (χ4v) is 2.31. The van der Waals surface area contributed by atoms with E-state index in [1.807, 2.05) is 6.07 Å². The maximum Gasteiger partial charge on any atom is 0.127 e. The summed E-state index contributed by atoms with van der Waals surface area (Å²) in [5, 5.41) is 0. The topological polar surface area (TPSA) is 43.8 Å². The molecule has 1 aromatic heterocycles. The Balaban J connectivity index is 2.57. The summed E-state index contributed by atoms with van der Waals surface area (Å²) in [5.41, 5.74) is 8.45. The van der Waals surface area contributed by atoms with Crippen molar-refractivity contribution in [2.45, 2.75) is 45.7 Å². The molecule has 1 atom stereocenters. The average molecular weight is 231 g/mol. The first-order chi connectivity index (χ1) is 8.15. The predicted molar refractivity (Wildman–Crippen MR) is 72.0 cm³/mol. The smallest absolute Gasteiger partial charge is 0.127 e. The zero-order chi connectivity index (χ0) is 12.4. The quantitative estimate of drug-likeness (QED) is 0.876. The van der Waals surface area contributed by atoms with Gasteiger partial charge in [-0.25, -0.2) is 4.98 Å². The van der Waals surface area contributed by atoms with Gasteiger partial charge in [0.05, 0.1) is 17.1 Å². The first-order valence-corrected chi connectivity index (χ1v) is 6.37. The average Bonchev–Trinajstić information content (AvgIpc) is 2.68. The Bertz CT molecular complexity index is 499. The molecule has 3 heteroatoms. The summed E-state index contributed by atoms with van der Waals surface area (Å²) in [6.07, 6.45) is 2.07. The normalized spacial score (nSPS) is 13.5. The van der Waals surface area contributed by atoms with Crippen LogP contribution in [-0.2, 0) is 0 Å². The fourth-order valence-electron chi connectivity index (χ4n) is 2.31. The molecule has 2 rings (SSSR count). The third kappa shape index (κ3) is 2.20.